The lowest BCUT2D eigenvalue weighted by Gasteiger charge is -2.20. The molecular weight excluding hydrogens is 218 g/mol. The van der Waals surface area contributed by atoms with Gasteiger partial charge in [-0.2, -0.15) is 0 Å². The molecule has 0 bridgehead atoms. The van der Waals surface area contributed by atoms with E-state index in [4.69, 9.17) is 5.73 Å². The van der Waals surface area contributed by atoms with Crippen molar-refractivity contribution in [2.75, 3.05) is 0 Å². The smallest absolute Gasteiger partial charge is 0.00818 e. The first kappa shape index (κ1) is 15.2. The first-order chi connectivity index (χ1) is 8.32. The van der Waals surface area contributed by atoms with Gasteiger partial charge in [-0.1, -0.05) is 65.3 Å². The summed E-state index contributed by atoms with van der Waals surface area (Å²) < 4.78 is 0. The highest BCUT2D eigenvalue weighted by atomic mass is 14.6. The Morgan fingerprint density at radius 3 is 2.11 bits per heavy atom. The van der Waals surface area contributed by atoms with E-state index in [9.17, 15) is 0 Å². The third-order valence-corrected chi connectivity index (χ3v) is 3.72. The molecule has 0 aliphatic rings. The lowest BCUT2D eigenvalue weighted by atomic mass is 9.86. The summed E-state index contributed by atoms with van der Waals surface area (Å²) in [6.45, 7) is 11.3. The van der Waals surface area contributed by atoms with Crippen LogP contribution in [0.3, 0.4) is 0 Å². The minimum atomic E-state index is 0.234. The van der Waals surface area contributed by atoms with Crippen LogP contribution in [0.2, 0.25) is 0 Å². The molecule has 1 heteroatoms. The Bertz CT molecular complexity index is 345. The van der Waals surface area contributed by atoms with Gasteiger partial charge in [-0.15, -0.1) is 0 Å². The Morgan fingerprint density at radius 2 is 1.67 bits per heavy atom. The fourth-order valence-electron chi connectivity index (χ4n) is 2.21. The largest absolute Gasteiger partial charge is 0.327 e. The summed E-state index contributed by atoms with van der Waals surface area (Å²) in [6, 6.07) is 9.24. The zero-order valence-electron chi connectivity index (χ0n) is 12.7. The second kappa shape index (κ2) is 6.38. The van der Waals surface area contributed by atoms with Crippen LogP contribution in [0.5, 0.6) is 0 Å². The molecule has 0 radical (unpaired) electrons. The number of hydrogen-bond donors (Lipinski definition) is 1. The molecule has 2 unspecified atom stereocenters. The third kappa shape index (κ3) is 4.81. The zero-order valence-corrected chi connectivity index (χ0v) is 12.7. The van der Waals surface area contributed by atoms with Crippen molar-refractivity contribution >= 4 is 0 Å². The molecular formula is C17H29N. The van der Waals surface area contributed by atoms with Crippen molar-refractivity contribution in [2.24, 2.45) is 11.7 Å². The van der Waals surface area contributed by atoms with Crippen molar-refractivity contribution in [3.8, 4) is 0 Å². The third-order valence-electron chi connectivity index (χ3n) is 3.72. The van der Waals surface area contributed by atoms with E-state index in [0.717, 1.165) is 18.8 Å². The molecule has 0 heterocycles. The highest BCUT2D eigenvalue weighted by molar-refractivity contribution is 5.27. The van der Waals surface area contributed by atoms with Crippen molar-refractivity contribution in [1.82, 2.24) is 0 Å². The van der Waals surface area contributed by atoms with Crippen LogP contribution < -0.4 is 5.73 Å². The number of nitrogens with two attached hydrogens (primary N) is 1. The summed E-state index contributed by atoms with van der Waals surface area (Å²) in [6.07, 6.45) is 3.34. The van der Waals surface area contributed by atoms with Gasteiger partial charge in [-0.05, 0) is 35.3 Å². The van der Waals surface area contributed by atoms with Crippen LogP contribution in [0, 0.1) is 5.92 Å². The second-order valence-electron chi connectivity index (χ2n) is 6.66. The quantitative estimate of drug-likeness (QED) is 0.825. The van der Waals surface area contributed by atoms with Crippen LogP contribution in [0.1, 0.15) is 58.6 Å². The Kier molecular flexibility index (Phi) is 5.40. The van der Waals surface area contributed by atoms with Gasteiger partial charge in [0.2, 0.25) is 0 Å². The Labute approximate surface area is 113 Å². The minimum absolute atomic E-state index is 0.234. The standard InChI is InChI=1S/C17H29N/c1-6-13(2)11-16(18)12-14-7-9-15(10-8-14)17(3,4)5/h7-10,13,16H,6,11-12,18H2,1-5H3. The topological polar surface area (TPSA) is 26.0 Å². The molecule has 1 rings (SSSR count). The lowest BCUT2D eigenvalue weighted by Crippen LogP contribution is -2.25. The summed E-state index contributed by atoms with van der Waals surface area (Å²) >= 11 is 0. The van der Waals surface area contributed by atoms with Crippen molar-refractivity contribution < 1.29 is 0 Å². The van der Waals surface area contributed by atoms with Gasteiger partial charge < -0.3 is 5.73 Å². The Hall–Kier alpha value is -0.820. The maximum Gasteiger partial charge on any atom is 0.00818 e. The average Bonchev–Trinajstić information content (AvgIpc) is 2.28. The van der Waals surface area contributed by atoms with Crippen LogP contribution in [0.15, 0.2) is 24.3 Å². The molecule has 1 nitrogen and oxygen atoms in total. The molecule has 0 saturated carbocycles. The van der Waals surface area contributed by atoms with Crippen LogP contribution in [0.25, 0.3) is 0 Å². The highest BCUT2D eigenvalue weighted by Crippen LogP contribution is 2.22. The molecule has 0 aromatic heterocycles. The Morgan fingerprint density at radius 1 is 1.11 bits per heavy atom. The zero-order chi connectivity index (χ0) is 13.8. The summed E-state index contributed by atoms with van der Waals surface area (Å²) in [4.78, 5) is 0. The first-order valence-electron chi connectivity index (χ1n) is 7.18. The van der Waals surface area contributed by atoms with Gasteiger partial charge in [0.1, 0.15) is 0 Å². The van der Waals surface area contributed by atoms with E-state index in [1.807, 2.05) is 0 Å². The number of benzene rings is 1. The van der Waals surface area contributed by atoms with E-state index < -0.39 is 0 Å². The maximum absolute atomic E-state index is 6.21. The van der Waals surface area contributed by atoms with Crippen LogP contribution in [-0.4, -0.2) is 6.04 Å². The van der Waals surface area contributed by atoms with Crippen molar-refractivity contribution in [3.05, 3.63) is 35.4 Å². The monoisotopic (exact) mass is 247 g/mol. The molecule has 102 valence electrons. The van der Waals surface area contributed by atoms with Crippen LogP contribution in [0.4, 0.5) is 0 Å². The van der Waals surface area contributed by atoms with Crippen molar-refractivity contribution in [3.63, 3.8) is 0 Å². The molecule has 2 N–H and O–H groups in total. The summed E-state index contributed by atoms with van der Waals surface area (Å²) in [5, 5.41) is 0. The maximum atomic E-state index is 6.21. The molecule has 0 spiro atoms. The van der Waals surface area contributed by atoms with Gasteiger partial charge in [-0.25, -0.2) is 0 Å². The number of hydrogen-bond acceptors (Lipinski definition) is 1. The van der Waals surface area contributed by atoms with Crippen LogP contribution >= 0.6 is 0 Å². The van der Waals surface area contributed by atoms with E-state index in [-0.39, 0.29) is 5.41 Å². The van der Waals surface area contributed by atoms with E-state index in [2.05, 4.69) is 58.9 Å². The summed E-state index contributed by atoms with van der Waals surface area (Å²) in [5.74, 6) is 0.730. The molecule has 2 atom stereocenters. The SMILES string of the molecule is CCC(C)CC(N)Cc1ccc(C(C)(C)C)cc1. The van der Waals surface area contributed by atoms with Gasteiger partial charge >= 0.3 is 0 Å². The molecule has 18 heavy (non-hydrogen) atoms. The molecule has 0 amide bonds. The number of rotatable bonds is 5. The lowest BCUT2D eigenvalue weighted by molar-refractivity contribution is 0.450. The van der Waals surface area contributed by atoms with Crippen molar-refractivity contribution in [2.45, 2.75) is 65.3 Å². The van der Waals surface area contributed by atoms with E-state index in [0.29, 0.717) is 6.04 Å². The molecule has 1 aromatic carbocycles. The van der Waals surface area contributed by atoms with E-state index >= 15 is 0 Å². The Balaban J connectivity index is 2.58. The molecule has 0 saturated heterocycles. The second-order valence-corrected chi connectivity index (χ2v) is 6.66. The van der Waals surface area contributed by atoms with Gasteiger partial charge in [0.15, 0.2) is 0 Å². The summed E-state index contributed by atoms with van der Waals surface area (Å²) in [5.41, 5.74) is 9.19. The van der Waals surface area contributed by atoms with Crippen molar-refractivity contribution in [1.29, 1.82) is 0 Å². The van der Waals surface area contributed by atoms with Gasteiger partial charge in [0.25, 0.3) is 0 Å². The van der Waals surface area contributed by atoms with Gasteiger partial charge in [-0.3, -0.25) is 0 Å². The van der Waals surface area contributed by atoms with Crippen LogP contribution in [-0.2, 0) is 11.8 Å². The van der Waals surface area contributed by atoms with E-state index in [1.54, 1.807) is 0 Å². The average molecular weight is 247 g/mol. The predicted octanol–water partition coefficient (Wildman–Crippen LogP) is 4.29. The highest BCUT2D eigenvalue weighted by Gasteiger charge is 2.13. The fraction of sp³-hybridized carbons (Fsp3) is 0.647. The normalized spacial score (nSPS) is 15.4. The van der Waals surface area contributed by atoms with E-state index in [1.165, 1.54) is 17.5 Å². The fourth-order valence-corrected chi connectivity index (χ4v) is 2.21. The summed E-state index contributed by atoms with van der Waals surface area (Å²) in [7, 11) is 0. The van der Waals surface area contributed by atoms with Gasteiger partial charge in [0.05, 0.1) is 0 Å². The van der Waals surface area contributed by atoms with Gasteiger partial charge in [0, 0.05) is 6.04 Å². The molecule has 0 fully saturated rings. The minimum Gasteiger partial charge on any atom is -0.327 e. The molecule has 1 aromatic rings. The molecule has 0 aliphatic carbocycles. The molecule has 0 aliphatic heterocycles. The first-order valence-corrected chi connectivity index (χ1v) is 7.18. The predicted molar refractivity (Wildman–Crippen MR) is 80.9 cm³/mol.